The van der Waals surface area contributed by atoms with Crippen LogP contribution in [0.25, 0.3) is 0 Å². The Morgan fingerprint density at radius 2 is 1.72 bits per heavy atom. The van der Waals surface area contributed by atoms with Crippen molar-refractivity contribution in [1.82, 2.24) is 10.6 Å². The fourth-order valence-corrected chi connectivity index (χ4v) is 1.01. The monoisotopic (exact) mass is 262 g/mol. The minimum absolute atomic E-state index is 0.713. The van der Waals surface area contributed by atoms with Gasteiger partial charge in [0.1, 0.15) is 12.1 Å². The number of carbonyl (C=O) groups is 4. The Morgan fingerprint density at radius 1 is 1.17 bits per heavy atom. The SMILES string of the molecule is COC(=O)C(C)NC(=O)N[C@@H](CC(=O)O)C(=O)O. The van der Waals surface area contributed by atoms with Gasteiger partial charge in [-0.1, -0.05) is 0 Å². The van der Waals surface area contributed by atoms with E-state index in [2.05, 4.69) is 10.1 Å². The zero-order valence-corrected chi connectivity index (χ0v) is 9.80. The number of nitrogens with one attached hydrogen (secondary N) is 2. The van der Waals surface area contributed by atoms with Crippen LogP contribution in [-0.4, -0.2) is 53.3 Å². The first-order chi connectivity index (χ1) is 8.27. The number of amides is 2. The maximum atomic E-state index is 11.3. The second-order valence-electron chi connectivity index (χ2n) is 3.35. The number of esters is 1. The van der Waals surface area contributed by atoms with Crippen molar-refractivity contribution in [3.05, 3.63) is 0 Å². The number of hydrogen-bond donors (Lipinski definition) is 4. The zero-order chi connectivity index (χ0) is 14.3. The smallest absolute Gasteiger partial charge is 0.328 e. The van der Waals surface area contributed by atoms with Crippen LogP contribution in [0.15, 0.2) is 0 Å². The summed E-state index contributed by atoms with van der Waals surface area (Å²) in [4.78, 5) is 43.3. The number of carbonyl (C=O) groups excluding carboxylic acids is 2. The summed E-state index contributed by atoms with van der Waals surface area (Å²) in [6.45, 7) is 1.33. The lowest BCUT2D eigenvalue weighted by molar-refractivity contribution is -0.145. The molecule has 4 N–H and O–H groups in total. The number of hydrogen-bond acceptors (Lipinski definition) is 5. The lowest BCUT2D eigenvalue weighted by atomic mass is 10.2. The second kappa shape index (κ2) is 7.09. The van der Waals surface area contributed by atoms with Crippen LogP contribution in [0.3, 0.4) is 0 Å². The van der Waals surface area contributed by atoms with Crippen LogP contribution in [0.5, 0.6) is 0 Å². The molecule has 0 radical (unpaired) electrons. The molecule has 1 unspecified atom stereocenters. The molecule has 0 aromatic rings. The molecule has 0 heterocycles. The van der Waals surface area contributed by atoms with Gasteiger partial charge in [-0.05, 0) is 6.92 Å². The van der Waals surface area contributed by atoms with E-state index in [9.17, 15) is 19.2 Å². The van der Waals surface area contributed by atoms with Crippen LogP contribution in [0.1, 0.15) is 13.3 Å². The minimum Gasteiger partial charge on any atom is -0.481 e. The van der Waals surface area contributed by atoms with Gasteiger partial charge in [-0.25, -0.2) is 14.4 Å². The third kappa shape index (κ3) is 5.68. The lowest BCUT2D eigenvalue weighted by Crippen LogP contribution is -2.50. The van der Waals surface area contributed by atoms with Crippen LogP contribution < -0.4 is 10.6 Å². The maximum absolute atomic E-state index is 11.3. The highest BCUT2D eigenvalue weighted by molar-refractivity contribution is 5.88. The molecule has 18 heavy (non-hydrogen) atoms. The van der Waals surface area contributed by atoms with E-state index in [1.807, 2.05) is 5.32 Å². The standard InChI is InChI=1S/C9H14N2O7/c1-4(8(16)18-2)10-9(17)11-5(7(14)15)3-6(12)13/h4-5H,3H2,1-2H3,(H,12,13)(H,14,15)(H2,10,11,17)/t4?,5-/m0/s1. The molecule has 0 rings (SSSR count). The molecule has 0 aliphatic rings. The van der Waals surface area contributed by atoms with Gasteiger partial charge in [0.15, 0.2) is 0 Å². The van der Waals surface area contributed by atoms with Crippen LogP contribution in [0.2, 0.25) is 0 Å². The van der Waals surface area contributed by atoms with Crippen molar-refractivity contribution in [2.75, 3.05) is 7.11 Å². The molecule has 2 amide bonds. The zero-order valence-electron chi connectivity index (χ0n) is 9.80. The van der Waals surface area contributed by atoms with E-state index >= 15 is 0 Å². The van der Waals surface area contributed by atoms with Crippen molar-refractivity contribution in [3.8, 4) is 0 Å². The van der Waals surface area contributed by atoms with Crippen LogP contribution in [-0.2, 0) is 19.1 Å². The quantitative estimate of drug-likeness (QED) is 0.439. The molecule has 0 spiro atoms. The molecule has 0 bridgehead atoms. The Labute approximate surface area is 102 Å². The van der Waals surface area contributed by atoms with Crippen LogP contribution >= 0.6 is 0 Å². The fourth-order valence-electron chi connectivity index (χ4n) is 1.01. The summed E-state index contributed by atoms with van der Waals surface area (Å²) >= 11 is 0. The molecular weight excluding hydrogens is 248 g/mol. The Morgan fingerprint density at radius 3 is 2.11 bits per heavy atom. The van der Waals surface area contributed by atoms with E-state index < -0.39 is 42.4 Å². The molecule has 0 aliphatic heterocycles. The summed E-state index contributed by atoms with van der Waals surface area (Å²) in [7, 11) is 1.13. The normalized spacial score (nSPS) is 13.0. The number of ether oxygens (including phenoxy) is 1. The van der Waals surface area contributed by atoms with Gasteiger partial charge in [0.05, 0.1) is 13.5 Å². The average Bonchev–Trinajstić information content (AvgIpc) is 2.25. The van der Waals surface area contributed by atoms with Gasteiger partial charge < -0.3 is 25.6 Å². The van der Waals surface area contributed by atoms with E-state index in [1.54, 1.807) is 0 Å². The van der Waals surface area contributed by atoms with Crippen molar-refractivity contribution >= 4 is 23.9 Å². The third-order valence-electron chi connectivity index (χ3n) is 1.88. The van der Waals surface area contributed by atoms with Gasteiger partial charge in [0, 0.05) is 0 Å². The highest BCUT2D eigenvalue weighted by Crippen LogP contribution is 1.93. The summed E-state index contributed by atoms with van der Waals surface area (Å²) in [6.07, 6.45) is -0.768. The number of carboxylic acids is 2. The number of carboxylic acid groups (broad SMARTS) is 2. The maximum Gasteiger partial charge on any atom is 0.328 e. The number of methoxy groups -OCH3 is 1. The minimum atomic E-state index is -1.58. The molecule has 0 aliphatic carbocycles. The van der Waals surface area contributed by atoms with E-state index in [4.69, 9.17) is 10.2 Å². The van der Waals surface area contributed by atoms with Gasteiger partial charge >= 0.3 is 23.9 Å². The van der Waals surface area contributed by atoms with Crippen molar-refractivity contribution in [2.24, 2.45) is 0 Å². The Balaban J connectivity index is 4.38. The van der Waals surface area contributed by atoms with E-state index in [0.717, 1.165) is 7.11 Å². The first kappa shape index (κ1) is 15.7. The van der Waals surface area contributed by atoms with Crippen molar-refractivity contribution in [2.45, 2.75) is 25.4 Å². The summed E-state index contributed by atoms with van der Waals surface area (Å²) in [5.41, 5.74) is 0. The number of aliphatic carboxylic acids is 2. The highest BCUT2D eigenvalue weighted by Gasteiger charge is 2.24. The van der Waals surface area contributed by atoms with Gasteiger partial charge in [-0.15, -0.1) is 0 Å². The molecule has 9 heteroatoms. The van der Waals surface area contributed by atoms with E-state index in [-0.39, 0.29) is 0 Å². The lowest BCUT2D eigenvalue weighted by Gasteiger charge is -2.15. The predicted octanol–water partition coefficient (Wildman–Crippen LogP) is -1.22. The second-order valence-corrected chi connectivity index (χ2v) is 3.35. The topological polar surface area (TPSA) is 142 Å². The summed E-state index contributed by atoms with van der Waals surface area (Å²) in [5.74, 6) is -3.57. The molecule has 0 aromatic heterocycles. The molecule has 0 aromatic carbocycles. The van der Waals surface area contributed by atoms with Gasteiger partial charge in [0.25, 0.3) is 0 Å². The molecule has 2 atom stereocenters. The van der Waals surface area contributed by atoms with Crippen molar-refractivity contribution in [1.29, 1.82) is 0 Å². The molecule has 102 valence electrons. The summed E-state index contributed by atoms with van der Waals surface area (Å²) in [6, 6.07) is -3.52. The molecular formula is C9H14N2O7. The number of urea groups is 1. The van der Waals surface area contributed by atoms with Crippen LogP contribution in [0.4, 0.5) is 4.79 Å². The Kier molecular flexibility index (Phi) is 6.18. The predicted molar refractivity (Wildman–Crippen MR) is 56.8 cm³/mol. The van der Waals surface area contributed by atoms with E-state index in [0.29, 0.717) is 0 Å². The summed E-state index contributed by atoms with van der Waals surface area (Å²) < 4.78 is 4.34. The molecule has 0 saturated carbocycles. The molecule has 0 fully saturated rings. The first-order valence-electron chi connectivity index (χ1n) is 4.87. The van der Waals surface area contributed by atoms with Crippen molar-refractivity contribution < 1.29 is 34.1 Å². The Hall–Kier alpha value is -2.32. The third-order valence-corrected chi connectivity index (χ3v) is 1.88. The highest BCUT2D eigenvalue weighted by atomic mass is 16.5. The van der Waals surface area contributed by atoms with Gasteiger partial charge in [0.2, 0.25) is 0 Å². The summed E-state index contributed by atoms with van der Waals surface area (Å²) in [5, 5.41) is 21.1. The van der Waals surface area contributed by atoms with Gasteiger partial charge in [-0.2, -0.15) is 0 Å². The first-order valence-corrected chi connectivity index (χ1v) is 4.87. The molecule has 0 saturated heterocycles. The van der Waals surface area contributed by atoms with Gasteiger partial charge in [-0.3, -0.25) is 4.79 Å². The Bertz CT molecular complexity index is 355. The van der Waals surface area contributed by atoms with Crippen molar-refractivity contribution in [3.63, 3.8) is 0 Å². The van der Waals surface area contributed by atoms with Crippen LogP contribution in [0, 0.1) is 0 Å². The molecule has 9 nitrogen and oxygen atoms in total. The number of rotatable bonds is 6. The largest absolute Gasteiger partial charge is 0.481 e. The average molecular weight is 262 g/mol. The fraction of sp³-hybridized carbons (Fsp3) is 0.556. The van der Waals surface area contributed by atoms with E-state index in [1.165, 1.54) is 6.92 Å².